The van der Waals surface area contributed by atoms with E-state index in [1.807, 2.05) is 0 Å². The van der Waals surface area contributed by atoms with Crippen LogP contribution < -0.4 is 21.3 Å². The molecule has 46 atom stereocenters. The molecule has 9 fully saturated rings. The van der Waals surface area contributed by atoms with Crippen LogP contribution in [-0.2, 0) is 109 Å². The van der Waals surface area contributed by atoms with Crippen molar-refractivity contribution in [1.82, 2.24) is 21.3 Å². The molecule has 0 spiro atoms. The van der Waals surface area contributed by atoms with Gasteiger partial charge in [-0.05, 0) is 6.92 Å². The third-order valence-electron chi connectivity index (χ3n) is 21.9. The Hall–Kier alpha value is -4.29. The van der Waals surface area contributed by atoms with Gasteiger partial charge >= 0.3 is 5.97 Å². The molecule has 0 aromatic rings. The Morgan fingerprint density at radius 1 is 0.381 bits per heavy atom. The maximum absolute atomic E-state index is 13.2. The van der Waals surface area contributed by atoms with E-state index >= 15 is 0 Å². The van der Waals surface area contributed by atoms with Crippen LogP contribution in [0.5, 0.6) is 0 Å². The fraction of sp³-hybridized carbons (Fsp3) is 0.925. The summed E-state index contributed by atoms with van der Waals surface area (Å²) in [5, 5.41) is 279. The van der Waals surface area contributed by atoms with Crippen molar-refractivity contribution >= 4 is 30.1 Å². The monoisotopic (exact) mass is 1720 g/mol. The second-order valence-corrected chi connectivity index (χ2v) is 30.1. The Balaban J connectivity index is 1.04. The molecule has 9 saturated heterocycles. The van der Waals surface area contributed by atoms with Crippen molar-refractivity contribution in [2.45, 2.75) is 324 Å². The molecular weight excluding hydrogens is 1610 g/mol. The summed E-state index contributed by atoms with van der Waals surface area (Å²) < 4.78 is 107. The van der Waals surface area contributed by atoms with Crippen LogP contribution in [0.25, 0.3) is 0 Å². The second-order valence-electron chi connectivity index (χ2n) is 30.1. The maximum Gasteiger partial charge on any atom is 0.332 e. The van der Waals surface area contributed by atoms with Gasteiger partial charge in [0.25, 0.3) is 6.47 Å². The van der Waals surface area contributed by atoms with E-state index in [0.717, 1.165) is 27.7 Å². The molecule has 9 aliphatic rings. The third-order valence-corrected chi connectivity index (χ3v) is 21.9. The summed E-state index contributed by atoms with van der Waals surface area (Å²) in [7, 11) is 0. The van der Waals surface area contributed by atoms with Crippen molar-refractivity contribution in [2.75, 3.05) is 59.5 Å². The normalized spacial score (nSPS) is 47.5. The molecule has 0 aromatic heterocycles. The van der Waals surface area contributed by atoms with Crippen LogP contribution in [0.2, 0.25) is 0 Å². The van der Waals surface area contributed by atoms with E-state index in [1.54, 1.807) is 0 Å². The summed E-state index contributed by atoms with van der Waals surface area (Å²) >= 11 is 0. The number of hydrogen-bond acceptors (Lipinski definition) is 47. The zero-order chi connectivity index (χ0) is 87.1. The highest BCUT2D eigenvalue weighted by atomic mass is 16.9. The van der Waals surface area contributed by atoms with Crippen LogP contribution in [-0.4, -0.2) is 488 Å². The van der Waals surface area contributed by atoms with E-state index in [2.05, 4.69) is 21.3 Å². The number of nitrogens with one attached hydrogen (secondary N) is 4. The largest absolute Gasteiger partial charge is 0.410 e. The smallest absolute Gasteiger partial charge is 0.332 e. The van der Waals surface area contributed by atoms with Crippen molar-refractivity contribution in [2.24, 2.45) is 5.92 Å². The Labute approximate surface area is 670 Å². The van der Waals surface area contributed by atoms with Crippen molar-refractivity contribution in [1.29, 1.82) is 0 Å². The molecule has 51 heteroatoms. The predicted molar refractivity (Wildman–Crippen MR) is 367 cm³/mol. The lowest BCUT2D eigenvalue weighted by Crippen LogP contribution is -2.71. The first-order chi connectivity index (χ1) is 55.8. The zero-order valence-corrected chi connectivity index (χ0v) is 64.3. The van der Waals surface area contributed by atoms with Gasteiger partial charge in [-0.15, -0.1) is 0 Å². The van der Waals surface area contributed by atoms with Gasteiger partial charge in [0.2, 0.25) is 23.6 Å². The van der Waals surface area contributed by atoms with Crippen molar-refractivity contribution in [3.63, 3.8) is 0 Å². The number of ether oxygens (including phenoxy) is 18. The van der Waals surface area contributed by atoms with Gasteiger partial charge < -0.3 is 229 Å². The van der Waals surface area contributed by atoms with E-state index in [-0.39, 0.29) is 6.47 Å². The quantitative estimate of drug-likeness (QED) is 0.0214. The summed E-state index contributed by atoms with van der Waals surface area (Å²) in [5.41, 5.74) is 0. The fourth-order valence-corrected chi connectivity index (χ4v) is 15.5. The number of carbonyl (C=O) groups is 5. The third kappa shape index (κ3) is 21.6. The van der Waals surface area contributed by atoms with E-state index in [9.17, 15) is 147 Å². The van der Waals surface area contributed by atoms with Gasteiger partial charge in [-0.2, -0.15) is 0 Å². The molecule has 9 heterocycles. The predicted octanol–water partition coefficient (Wildman–Crippen LogP) is -18.5. The average Bonchev–Trinajstić information content (AvgIpc) is 0.762. The minimum absolute atomic E-state index is 0.249. The first-order valence-electron chi connectivity index (χ1n) is 37.9. The number of amides is 4. The SMILES string of the molecule is CC(=O)NC1C(O)[C@H](O)[C@@H](CO)O[C@@H]1OC1[C@H](OCC2O[C@@H](O[C@H]3C(CO)O[C@@H](O[C@H]4C(CO)O[C@@H](C)C(NC(C)=O)[C@H]4O)C(NC(C)=O)[C@H]3O)C(O)[C@@H](O[C@@H]3O[C@H](CO)[C@H](O)C(O)C3O[C@@H]3OC(CO)[C@H](O[C@@H]4OC(CO)[C@H](O)[C@H](O[C@]5(OC=O)C[C@H](O)[C@@H](C)C([C@H](O)[C@@H](O)CO)O5)C4O)[C@H](O)C3NC(C)=O)[C@H]2O)OC(CO)[C@H](O)[C@@H]1O. The highest BCUT2D eigenvalue weighted by Gasteiger charge is 2.62. The van der Waals surface area contributed by atoms with Gasteiger partial charge in [-0.25, -0.2) is 0 Å². The van der Waals surface area contributed by atoms with Gasteiger partial charge in [0.15, 0.2) is 44.0 Å². The molecule has 9 aliphatic heterocycles. The summed E-state index contributed by atoms with van der Waals surface area (Å²) in [6.07, 6.45) is -83.0. The molecule has 118 heavy (non-hydrogen) atoms. The van der Waals surface area contributed by atoms with E-state index < -0.39 is 371 Å². The molecular formula is C67H112N4O47. The lowest BCUT2D eigenvalue weighted by molar-refractivity contribution is -0.448. The first kappa shape index (κ1) is 97.5. The first-order valence-corrected chi connectivity index (χ1v) is 37.9. The Morgan fingerprint density at radius 3 is 1.17 bits per heavy atom. The standard InChI is InChI=1S/C67H112N4O47/c1-18-24(85)7-67(102-17-80,117-52(18)38(87)25(86)8-72)118-57-42(91)29(12-76)105-64(51(57)100)113-55-32(15-79)109-62(37(47(55)96)71-23(6)84)116-59-49(98)41(90)28(11-75)107-66(59)114-56-43(92)33(16-101-65-58(48(97)40(89)27(10-74)106-65)115-60-35(69-21(4)82)44(93)39(88)26(9-73)104-60)110-63(50(56)99)112-54-31(14-78)108-61(36(46(54)95)70-22(5)83)111-53-30(13-77)103-19(2)34(45(53)94)68-20(3)81/h17-19,24-66,72-79,85-100H,7-16H2,1-6H3,(H,68,81)(H,69,82)(H,70,83)(H,71,84)/t18-,19+,24+,25+,26-,27?,28-,29?,30?,31?,32?,33?,34?,35?,36?,37?,38-,39-,40+,41+,42+,43+,44?,45-,46-,47-,48+,49?,50?,51?,52?,53+,54+,55+,56+,57+,58?,59?,60-,61+,62+,63+,64+,65-,66+,67+/m1/s1. The van der Waals surface area contributed by atoms with E-state index in [4.69, 9.17) is 85.3 Å². The molecule has 0 bridgehead atoms. The molecule has 0 aromatic carbocycles. The average molecular weight is 1730 g/mol. The molecule has 28 N–H and O–H groups in total. The summed E-state index contributed by atoms with van der Waals surface area (Å²) in [5.74, 6) is -7.38. The van der Waals surface area contributed by atoms with Gasteiger partial charge in [-0.3, -0.25) is 24.0 Å². The molecule has 682 valence electrons. The second kappa shape index (κ2) is 42.6. The number of rotatable bonds is 33. The Bertz CT molecular complexity index is 3180. The van der Waals surface area contributed by atoms with Gasteiger partial charge in [0, 0.05) is 33.6 Å². The summed E-state index contributed by atoms with van der Waals surface area (Å²) in [6, 6.07) is -6.88. The lowest BCUT2D eigenvalue weighted by atomic mass is 9.87. The minimum Gasteiger partial charge on any atom is -0.410 e. The number of carbonyl (C=O) groups excluding carboxylic acids is 5. The maximum atomic E-state index is 13.2. The Kier molecular flexibility index (Phi) is 35.2. The van der Waals surface area contributed by atoms with Crippen LogP contribution in [0.1, 0.15) is 48.0 Å². The van der Waals surface area contributed by atoms with Crippen LogP contribution in [0.15, 0.2) is 0 Å². The summed E-state index contributed by atoms with van der Waals surface area (Å²) in [4.78, 5) is 63.0. The van der Waals surface area contributed by atoms with E-state index in [1.165, 1.54) is 13.8 Å². The molecule has 17 unspecified atom stereocenters. The van der Waals surface area contributed by atoms with Crippen molar-refractivity contribution < 1.29 is 232 Å². The minimum atomic E-state index is -2.88. The summed E-state index contributed by atoms with van der Waals surface area (Å²) in [6.45, 7) is -3.32. The van der Waals surface area contributed by atoms with Gasteiger partial charge in [-0.1, -0.05) is 6.92 Å². The van der Waals surface area contributed by atoms with Crippen LogP contribution in [0, 0.1) is 5.92 Å². The molecule has 9 rings (SSSR count). The molecule has 0 radical (unpaired) electrons. The zero-order valence-electron chi connectivity index (χ0n) is 64.3. The van der Waals surface area contributed by atoms with Crippen LogP contribution >= 0.6 is 0 Å². The molecule has 0 saturated carbocycles. The van der Waals surface area contributed by atoms with E-state index in [0.29, 0.717) is 0 Å². The number of hydrogen-bond donors (Lipinski definition) is 28. The highest BCUT2D eigenvalue weighted by Crippen LogP contribution is 2.43. The number of aliphatic hydroxyl groups is 24. The Morgan fingerprint density at radius 2 is 0.720 bits per heavy atom. The van der Waals surface area contributed by atoms with Gasteiger partial charge in [0.1, 0.15) is 201 Å². The molecule has 4 amide bonds. The van der Waals surface area contributed by atoms with Crippen molar-refractivity contribution in [3.8, 4) is 0 Å². The van der Waals surface area contributed by atoms with Gasteiger partial charge in [0.05, 0.1) is 90.2 Å². The molecule has 51 nitrogen and oxygen atoms in total. The topological polar surface area (TPSA) is 785 Å². The highest BCUT2D eigenvalue weighted by molar-refractivity contribution is 5.74. The van der Waals surface area contributed by atoms with Crippen LogP contribution in [0.4, 0.5) is 0 Å². The fourth-order valence-electron chi connectivity index (χ4n) is 15.5. The lowest BCUT2D eigenvalue weighted by Gasteiger charge is -2.51. The van der Waals surface area contributed by atoms with Crippen LogP contribution in [0.3, 0.4) is 0 Å². The van der Waals surface area contributed by atoms with Crippen molar-refractivity contribution in [3.05, 3.63) is 0 Å². The molecule has 0 aliphatic carbocycles. The number of aliphatic hydroxyl groups excluding tert-OH is 24.